The van der Waals surface area contributed by atoms with Crippen molar-refractivity contribution >= 4 is 44.1 Å². The van der Waals surface area contributed by atoms with E-state index >= 15 is 0 Å². The number of nitrogens with one attached hydrogen (secondary N) is 2. The van der Waals surface area contributed by atoms with Gasteiger partial charge >= 0.3 is 0 Å². The number of fused-ring (bicyclic) bond motifs is 1. The van der Waals surface area contributed by atoms with Crippen LogP contribution in [0.1, 0.15) is 15.2 Å². The molecule has 1 amide bonds. The molecule has 0 aliphatic heterocycles. The van der Waals surface area contributed by atoms with Gasteiger partial charge < -0.3 is 10.3 Å². The molecule has 0 aliphatic rings. The van der Waals surface area contributed by atoms with Gasteiger partial charge in [0.05, 0.1) is 17.6 Å². The Balaban J connectivity index is 1.81. The normalized spacial score (nSPS) is 10.8. The highest BCUT2D eigenvalue weighted by molar-refractivity contribution is 9.10. The molecule has 0 fully saturated rings. The van der Waals surface area contributed by atoms with E-state index < -0.39 is 0 Å². The van der Waals surface area contributed by atoms with E-state index in [0.717, 1.165) is 20.3 Å². The number of carbonyl (C=O) groups excluding carboxylic acids is 1. The Morgan fingerprint density at radius 2 is 2.21 bits per heavy atom. The molecule has 3 nitrogen and oxygen atoms in total. The number of halogens is 1. The van der Waals surface area contributed by atoms with Crippen LogP contribution in [0.5, 0.6) is 0 Å². The fourth-order valence-electron chi connectivity index (χ4n) is 1.98. The number of thiophene rings is 1. The van der Waals surface area contributed by atoms with E-state index in [1.807, 2.05) is 41.9 Å². The molecule has 19 heavy (non-hydrogen) atoms. The molecule has 0 bridgehead atoms. The van der Waals surface area contributed by atoms with Gasteiger partial charge in [0.15, 0.2) is 0 Å². The highest BCUT2D eigenvalue weighted by Gasteiger charge is 2.11. The Kier molecular flexibility index (Phi) is 3.40. The minimum atomic E-state index is -0.0617. The summed E-state index contributed by atoms with van der Waals surface area (Å²) in [5.74, 6) is -0.0617. The maximum atomic E-state index is 12.2. The van der Waals surface area contributed by atoms with Gasteiger partial charge in [-0.3, -0.25) is 4.79 Å². The molecule has 5 heteroatoms. The van der Waals surface area contributed by atoms with Crippen molar-refractivity contribution < 1.29 is 4.79 Å². The van der Waals surface area contributed by atoms with Crippen molar-refractivity contribution in [3.8, 4) is 0 Å². The lowest BCUT2D eigenvalue weighted by atomic mass is 10.1. The minimum Gasteiger partial charge on any atom is -0.361 e. The number of H-pyrrole nitrogens is 1. The number of aromatic nitrogens is 1. The Morgan fingerprint density at radius 1 is 1.32 bits per heavy atom. The molecule has 96 valence electrons. The van der Waals surface area contributed by atoms with Crippen LogP contribution in [0.15, 0.2) is 46.4 Å². The lowest BCUT2D eigenvalue weighted by Gasteiger charge is -2.05. The molecule has 3 aromatic rings. The fraction of sp³-hybridized carbons (Fsp3) is 0.0714. The summed E-state index contributed by atoms with van der Waals surface area (Å²) >= 11 is 5.08. The van der Waals surface area contributed by atoms with Gasteiger partial charge in [-0.2, -0.15) is 0 Å². The van der Waals surface area contributed by atoms with Crippen LogP contribution in [0.4, 0.5) is 0 Å². The Morgan fingerprint density at radius 3 is 3.00 bits per heavy atom. The SMILES string of the molecule is O=C(NCc1sccc1Br)c1cccc2cc[nH]c12. The first-order chi connectivity index (χ1) is 9.25. The fourth-order valence-corrected chi connectivity index (χ4v) is 3.41. The predicted molar refractivity (Wildman–Crippen MR) is 81.5 cm³/mol. The van der Waals surface area contributed by atoms with E-state index in [1.54, 1.807) is 11.3 Å². The molecule has 0 saturated carbocycles. The van der Waals surface area contributed by atoms with Gasteiger partial charge in [-0.25, -0.2) is 0 Å². The van der Waals surface area contributed by atoms with Crippen molar-refractivity contribution in [2.24, 2.45) is 0 Å². The number of amides is 1. The summed E-state index contributed by atoms with van der Waals surface area (Å²) in [6, 6.07) is 9.65. The standard InChI is InChI=1S/C14H11BrN2OS/c15-11-5-7-19-12(11)8-17-14(18)10-3-1-2-9-4-6-16-13(9)10/h1-7,16H,8H2,(H,17,18). The largest absolute Gasteiger partial charge is 0.361 e. The van der Waals surface area contributed by atoms with Crippen LogP contribution in [0, 0.1) is 0 Å². The molecule has 2 heterocycles. The third-order valence-electron chi connectivity index (χ3n) is 2.93. The number of hydrogen-bond acceptors (Lipinski definition) is 2. The summed E-state index contributed by atoms with van der Waals surface area (Å²) in [4.78, 5) is 16.4. The molecule has 0 spiro atoms. The first kappa shape index (κ1) is 12.4. The van der Waals surface area contributed by atoms with Crippen LogP contribution in [-0.2, 0) is 6.54 Å². The molecule has 3 rings (SSSR count). The lowest BCUT2D eigenvalue weighted by Crippen LogP contribution is -2.22. The number of carbonyl (C=O) groups is 1. The average molecular weight is 335 g/mol. The second kappa shape index (κ2) is 5.19. The predicted octanol–water partition coefficient (Wildman–Crippen LogP) is 3.92. The summed E-state index contributed by atoms with van der Waals surface area (Å²) < 4.78 is 1.04. The number of rotatable bonds is 3. The van der Waals surface area contributed by atoms with E-state index in [4.69, 9.17) is 0 Å². The Hall–Kier alpha value is -1.59. The summed E-state index contributed by atoms with van der Waals surface area (Å²) in [5, 5.41) is 5.99. The monoisotopic (exact) mass is 334 g/mol. The third-order valence-corrected chi connectivity index (χ3v) is 4.86. The van der Waals surface area contributed by atoms with E-state index in [9.17, 15) is 4.79 Å². The maximum absolute atomic E-state index is 12.2. The number of benzene rings is 1. The van der Waals surface area contributed by atoms with E-state index in [-0.39, 0.29) is 5.91 Å². The first-order valence-electron chi connectivity index (χ1n) is 5.82. The molecule has 0 saturated heterocycles. The number of aromatic amines is 1. The van der Waals surface area contributed by atoms with E-state index in [1.165, 1.54) is 0 Å². The maximum Gasteiger partial charge on any atom is 0.253 e. The second-order valence-corrected chi connectivity index (χ2v) is 5.98. The van der Waals surface area contributed by atoms with Gasteiger partial charge in [0.1, 0.15) is 0 Å². The Bertz CT molecular complexity index is 732. The topological polar surface area (TPSA) is 44.9 Å². The molecular formula is C14H11BrN2OS. The van der Waals surface area contributed by atoms with Crippen LogP contribution in [0.3, 0.4) is 0 Å². The van der Waals surface area contributed by atoms with E-state index in [0.29, 0.717) is 12.1 Å². The molecule has 1 aromatic carbocycles. The van der Waals surface area contributed by atoms with Crippen LogP contribution in [-0.4, -0.2) is 10.9 Å². The van der Waals surface area contributed by atoms with Crippen LogP contribution in [0.2, 0.25) is 0 Å². The molecule has 0 radical (unpaired) electrons. The van der Waals surface area contributed by atoms with Gasteiger partial charge in [0, 0.05) is 20.9 Å². The zero-order valence-electron chi connectivity index (χ0n) is 9.94. The van der Waals surface area contributed by atoms with Crippen LogP contribution >= 0.6 is 27.3 Å². The highest BCUT2D eigenvalue weighted by Crippen LogP contribution is 2.22. The molecule has 2 aromatic heterocycles. The van der Waals surface area contributed by atoms with E-state index in [2.05, 4.69) is 26.2 Å². The second-order valence-electron chi connectivity index (χ2n) is 4.12. The molecule has 0 aliphatic carbocycles. The van der Waals surface area contributed by atoms with Crippen molar-refractivity contribution in [2.75, 3.05) is 0 Å². The summed E-state index contributed by atoms with van der Waals surface area (Å²) in [7, 11) is 0. The van der Waals surface area contributed by atoms with Gasteiger partial charge in [-0.15, -0.1) is 11.3 Å². The molecule has 0 unspecified atom stereocenters. The van der Waals surface area contributed by atoms with Gasteiger partial charge in [-0.05, 0) is 39.5 Å². The molecule has 0 atom stereocenters. The van der Waals surface area contributed by atoms with Crippen molar-refractivity contribution in [1.82, 2.24) is 10.3 Å². The minimum absolute atomic E-state index is 0.0617. The number of para-hydroxylation sites is 1. The summed E-state index contributed by atoms with van der Waals surface area (Å²) in [6.07, 6.45) is 1.84. The Labute approximate surface area is 122 Å². The summed E-state index contributed by atoms with van der Waals surface area (Å²) in [5.41, 5.74) is 1.56. The van der Waals surface area contributed by atoms with Crippen LogP contribution < -0.4 is 5.32 Å². The smallest absolute Gasteiger partial charge is 0.253 e. The quantitative estimate of drug-likeness (QED) is 0.749. The zero-order chi connectivity index (χ0) is 13.2. The lowest BCUT2D eigenvalue weighted by molar-refractivity contribution is 0.0953. The van der Waals surface area contributed by atoms with Gasteiger partial charge in [0.2, 0.25) is 0 Å². The third kappa shape index (κ3) is 2.43. The molecule has 2 N–H and O–H groups in total. The van der Waals surface area contributed by atoms with Crippen molar-refractivity contribution in [2.45, 2.75) is 6.54 Å². The van der Waals surface area contributed by atoms with Crippen LogP contribution in [0.25, 0.3) is 10.9 Å². The van der Waals surface area contributed by atoms with Crippen molar-refractivity contribution in [3.63, 3.8) is 0 Å². The van der Waals surface area contributed by atoms with Crippen molar-refractivity contribution in [1.29, 1.82) is 0 Å². The molecular weight excluding hydrogens is 324 g/mol. The zero-order valence-corrected chi connectivity index (χ0v) is 12.3. The summed E-state index contributed by atoms with van der Waals surface area (Å²) in [6.45, 7) is 0.536. The highest BCUT2D eigenvalue weighted by atomic mass is 79.9. The van der Waals surface area contributed by atoms with Gasteiger partial charge in [0.25, 0.3) is 5.91 Å². The van der Waals surface area contributed by atoms with Crippen molar-refractivity contribution in [3.05, 3.63) is 56.8 Å². The first-order valence-corrected chi connectivity index (χ1v) is 7.49. The number of hydrogen-bond donors (Lipinski definition) is 2. The average Bonchev–Trinajstić information content (AvgIpc) is 3.04. The van der Waals surface area contributed by atoms with Gasteiger partial charge in [-0.1, -0.05) is 12.1 Å².